The summed E-state index contributed by atoms with van der Waals surface area (Å²) in [6.07, 6.45) is 0.619. The molecular weight excluding hydrogens is 534 g/mol. The van der Waals surface area contributed by atoms with Crippen molar-refractivity contribution in [2.45, 2.75) is 32.1 Å². The summed E-state index contributed by atoms with van der Waals surface area (Å²) in [6, 6.07) is 27.8. The molecule has 1 aliphatic heterocycles. The fraction of sp³-hybridized carbons (Fsp3) is 0.294. The molecule has 0 aromatic heterocycles. The maximum atomic E-state index is 13.8. The van der Waals surface area contributed by atoms with E-state index in [0.717, 1.165) is 16.7 Å². The number of hydrogen-bond acceptors (Lipinski definition) is 5. The van der Waals surface area contributed by atoms with Gasteiger partial charge in [0.15, 0.2) is 0 Å². The Hall–Kier alpha value is -3.87. The molecule has 41 heavy (non-hydrogen) atoms. The van der Waals surface area contributed by atoms with E-state index in [1.807, 2.05) is 81.4 Å². The lowest BCUT2D eigenvalue weighted by Gasteiger charge is -2.31. The number of nitrogens with one attached hydrogen (secondary N) is 2. The molecule has 0 aliphatic carbocycles. The first-order chi connectivity index (χ1) is 19.8. The van der Waals surface area contributed by atoms with Crippen LogP contribution in [0.5, 0.6) is 0 Å². The van der Waals surface area contributed by atoms with Crippen LogP contribution >= 0.6 is 11.6 Å². The van der Waals surface area contributed by atoms with Crippen LogP contribution in [0.1, 0.15) is 48.8 Å². The van der Waals surface area contributed by atoms with Gasteiger partial charge in [-0.1, -0.05) is 84.4 Å². The SMILES string of the molecule is CC1=C(C(=O)NCCN(C)C)C(c2cccc(Cl)c2)C(C(=O)OCCC(c2ccccc2)c2ccccc2)=C(C)N1. The number of esters is 1. The Morgan fingerprint density at radius 3 is 2.10 bits per heavy atom. The molecule has 3 aromatic rings. The van der Waals surface area contributed by atoms with Crippen LogP contribution in [-0.2, 0) is 14.3 Å². The van der Waals surface area contributed by atoms with Crippen LogP contribution in [0.3, 0.4) is 0 Å². The molecule has 6 nitrogen and oxygen atoms in total. The predicted octanol–water partition coefficient (Wildman–Crippen LogP) is 6.02. The van der Waals surface area contributed by atoms with Gasteiger partial charge in [-0.25, -0.2) is 4.79 Å². The van der Waals surface area contributed by atoms with Gasteiger partial charge in [0.05, 0.1) is 18.1 Å². The zero-order chi connectivity index (χ0) is 29.4. The molecule has 2 N–H and O–H groups in total. The van der Waals surface area contributed by atoms with Gasteiger partial charge in [-0.2, -0.15) is 0 Å². The first kappa shape index (κ1) is 30.1. The van der Waals surface area contributed by atoms with Crippen molar-refractivity contribution in [3.63, 3.8) is 0 Å². The van der Waals surface area contributed by atoms with Crippen molar-refractivity contribution in [1.29, 1.82) is 0 Å². The summed E-state index contributed by atoms with van der Waals surface area (Å²) in [5.41, 5.74) is 5.33. The van der Waals surface area contributed by atoms with Crippen molar-refractivity contribution in [2.24, 2.45) is 0 Å². The van der Waals surface area contributed by atoms with Gasteiger partial charge in [-0.15, -0.1) is 0 Å². The number of benzene rings is 3. The average molecular weight is 572 g/mol. The first-order valence-corrected chi connectivity index (χ1v) is 14.3. The van der Waals surface area contributed by atoms with E-state index in [2.05, 4.69) is 34.9 Å². The minimum atomic E-state index is -0.624. The minimum Gasteiger partial charge on any atom is -0.462 e. The van der Waals surface area contributed by atoms with Crippen LogP contribution in [-0.4, -0.2) is 50.6 Å². The standard InChI is InChI=1S/C34H38ClN3O3/c1-23-30(33(39)36-19-20-38(3)4)32(27-16-11-17-28(35)22-27)31(24(2)37-23)34(40)41-21-18-29(25-12-7-5-8-13-25)26-14-9-6-10-15-26/h5-17,22,29,32,37H,18-21H2,1-4H3,(H,36,39). The van der Waals surface area contributed by atoms with Gasteiger partial charge >= 0.3 is 5.97 Å². The maximum Gasteiger partial charge on any atom is 0.336 e. The monoisotopic (exact) mass is 571 g/mol. The first-order valence-electron chi connectivity index (χ1n) is 13.9. The number of halogens is 1. The Balaban J connectivity index is 1.59. The number of amides is 1. The second kappa shape index (κ2) is 14.2. The van der Waals surface area contributed by atoms with Gasteiger partial charge in [0, 0.05) is 41.0 Å². The second-order valence-electron chi connectivity index (χ2n) is 10.5. The number of rotatable bonds is 11. The van der Waals surface area contributed by atoms with E-state index in [-0.39, 0.29) is 18.4 Å². The molecule has 1 unspecified atom stereocenters. The highest BCUT2D eigenvalue weighted by atomic mass is 35.5. The predicted molar refractivity (Wildman–Crippen MR) is 165 cm³/mol. The molecule has 1 amide bonds. The molecule has 0 fully saturated rings. The third-order valence-electron chi connectivity index (χ3n) is 7.30. The molecule has 0 radical (unpaired) electrons. The fourth-order valence-corrected chi connectivity index (χ4v) is 5.52. The van der Waals surface area contributed by atoms with Crippen molar-refractivity contribution in [2.75, 3.05) is 33.8 Å². The Bertz CT molecular complexity index is 1380. The lowest BCUT2D eigenvalue weighted by atomic mass is 9.80. The zero-order valence-corrected chi connectivity index (χ0v) is 24.9. The van der Waals surface area contributed by atoms with Crippen LogP contribution < -0.4 is 10.6 Å². The molecule has 0 spiro atoms. The van der Waals surface area contributed by atoms with Gasteiger partial charge < -0.3 is 20.3 Å². The Morgan fingerprint density at radius 2 is 1.51 bits per heavy atom. The number of carbonyl (C=O) groups excluding carboxylic acids is 2. The number of allylic oxidation sites excluding steroid dienone is 2. The van der Waals surface area contributed by atoms with Crippen molar-refractivity contribution in [1.82, 2.24) is 15.5 Å². The average Bonchev–Trinajstić information content (AvgIpc) is 2.95. The van der Waals surface area contributed by atoms with Gasteiger partial charge in [-0.05, 0) is 63.2 Å². The number of ether oxygens (including phenoxy) is 1. The molecule has 0 saturated heterocycles. The van der Waals surface area contributed by atoms with Gasteiger partial charge in [0.1, 0.15) is 0 Å². The van der Waals surface area contributed by atoms with E-state index < -0.39 is 11.9 Å². The number of dihydropyridines is 1. The van der Waals surface area contributed by atoms with Crippen molar-refractivity contribution >= 4 is 23.5 Å². The quantitative estimate of drug-likeness (QED) is 0.276. The van der Waals surface area contributed by atoms with Crippen LogP contribution in [0.15, 0.2) is 107 Å². The van der Waals surface area contributed by atoms with E-state index in [1.165, 1.54) is 0 Å². The lowest BCUT2D eigenvalue weighted by Crippen LogP contribution is -2.38. The molecule has 214 valence electrons. The number of hydrogen-bond donors (Lipinski definition) is 2. The summed E-state index contributed by atoms with van der Waals surface area (Å²) in [5.74, 6) is -1.23. The minimum absolute atomic E-state index is 0.0775. The van der Waals surface area contributed by atoms with E-state index in [4.69, 9.17) is 16.3 Å². The highest BCUT2D eigenvalue weighted by molar-refractivity contribution is 6.30. The van der Waals surface area contributed by atoms with Crippen LogP contribution in [0.4, 0.5) is 0 Å². The summed E-state index contributed by atoms with van der Waals surface area (Å²) < 4.78 is 5.95. The largest absolute Gasteiger partial charge is 0.462 e. The van der Waals surface area contributed by atoms with Crippen molar-refractivity contribution in [3.8, 4) is 0 Å². The highest BCUT2D eigenvalue weighted by Crippen LogP contribution is 2.39. The van der Waals surface area contributed by atoms with Gasteiger partial charge in [0.2, 0.25) is 5.91 Å². The van der Waals surface area contributed by atoms with Gasteiger partial charge in [-0.3, -0.25) is 4.79 Å². The molecule has 4 rings (SSSR count). The van der Waals surface area contributed by atoms with Crippen LogP contribution in [0.2, 0.25) is 5.02 Å². The maximum absolute atomic E-state index is 13.8. The fourth-order valence-electron chi connectivity index (χ4n) is 5.32. The van der Waals surface area contributed by atoms with Crippen molar-refractivity contribution in [3.05, 3.63) is 129 Å². The number of likely N-dealkylation sites (N-methyl/N-ethyl adjacent to an activating group) is 1. The van der Waals surface area contributed by atoms with E-state index >= 15 is 0 Å². The lowest BCUT2D eigenvalue weighted by molar-refractivity contribution is -0.139. The smallest absolute Gasteiger partial charge is 0.336 e. The Labute approximate surface area is 248 Å². The van der Waals surface area contributed by atoms with E-state index in [1.54, 1.807) is 12.1 Å². The molecule has 1 aliphatic rings. The summed E-state index contributed by atoms with van der Waals surface area (Å²) in [7, 11) is 3.90. The topological polar surface area (TPSA) is 70.7 Å². The molecule has 7 heteroatoms. The number of nitrogens with zero attached hydrogens (tertiary/aromatic N) is 1. The molecule has 1 atom stereocenters. The molecule has 1 heterocycles. The zero-order valence-electron chi connectivity index (χ0n) is 24.1. The Morgan fingerprint density at radius 1 is 0.902 bits per heavy atom. The number of carbonyl (C=O) groups is 2. The third-order valence-corrected chi connectivity index (χ3v) is 7.53. The second-order valence-corrected chi connectivity index (χ2v) is 11.0. The van der Waals surface area contributed by atoms with E-state index in [0.29, 0.717) is 47.1 Å². The molecule has 0 saturated carbocycles. The van der Waals surface area contributed by atoms with Crippen LogP contribution in [0, 0.1) is 0 Å². The summed E-state index contributed by atoms with van der Waals surface area (Å²) in [4.78, 5) is 29.3. The Kier molecular flexibility index (Phi) is 10.4. The summed E-state index contributed by atoms with van der Waals surface area (Å²) >= 11 is 6.37. The molecular formula is C34H38ClN3O3. The highest BCUT2D eigenvalue weighted by Gasteiger charge is 2.37. The van der Waals surface area contributed by atoms with Crippen molar-refractivity contribution < 1.29 is 14.3 Å². The van der Waals surface area contributed by atoms with E-state index in [9.17, 15) is 9.59 Å². The van der Waals surface area contributed by atoms with Crippen LogP contribution in [0.25, 0.3) is 0 Å². The summed E-state index contributed by atoms with van der Waals surface area (Å²) in [6.45, 7) is 5.09. The molecule has 3 aromatic carbocycles. The normalized spacial score (nSPS) is 15.2. The molecule has 0 bridgehead atoms. The third kappa shape index (κ3) is 7.66. The summed E-state index contributed by atoms with van der Waals surface area (Å²) in [5, 5.41) is 6.80. The van der Waals surface area contributed by atoms with Gasteiger partial charge in [0.25, 0.3) is 0 Å².